The SMILES string of the molecule is CCCNc1nccn1CCc1cscn1. The summed E-state index contributed by atoms with van der Waals surface area (Å²) in [4.78, 5) is 8.56. The number of anilines is 1. The van der Waals surface area contributed by atoms with E-state index in [0.717, 1.165) is 37.6 Å². The van der Waals surface area contributed by atoms with Crippen molar-refractivity contribution in [2.75, 3.05) is 11.9 Å². The molecule has 0 atom stereocenters. The van der Waals surface area contributed by atoms with Gasteiger partial charge in [-0.3, -0.25) is 0 Å². The second-order valence-corrected chi connectivity index (χ2v) is 4.32. The lowest BCUT2D eigenvalue weighted by molar-refractivity contribution is 0.690. The highest BCUT2D eigenvalue weighted by Crippen LogP contribution is 2.08. The summed E-state index contributed by atoms with van der Waals surface area (Å²) in [5.41, 5.74) is 3.03. The van der Waals surface area contributed by atoms with Crippen LogP contribution in [0.4, 0.5) is 5.95 Å². The van der Waals surface area contributed by atoms with Crippen LogP contribution in [0.15, 0.2) is 23.3 Å². The zero-order valence-corrected chi connectivity index (χ0v) is 10.2. The molecule has 2 aromatic heterocycles. The molecule has 16 heavy (non-hydrogen) atoms. The minimum absolute atomic E-state index is 0.926. The normalized spacial score (nSPS) is 10.6. The second kappa shape index (κ2) is 5.65. The predicted octanol–water partition coefficient (Wildman–Crippen LogP) is 2.40. The summed E-state index contributed by atoms with van der Waals surface area (Å²) in [6.07, 6.45) is 5.91. The maximum Gasteiger partial charge on any atom is 0.202 e. The van der Waals surface area contributed by atoms with Gasteiger partial charge in [-0.1, -0.05) is 6.92 Å². The number of rotatable bonds is 6. The first-order chi connectivity index (χ1) is 7.90. The van der Waals surface area contributed by atoms with Gasteiger partial charge in [-0.2, -0.15) is 0 Å². The topological polar surface area (TPSA) is 42.7 Å². The molecule has 0 saturated carbocycles. The summed E-state index contributed by atoms with van der Waals surface area (Å²) in [6, 6.07) is 0. The fraction of sp³-hybridized carbons (Fsp3) is 0.455. The highest BCUT2D eigenvalue weighted by atomic mass is 32.1. The van der Waals surface area contributed by atoms with Crippen molar-refractivity contribution >= 4 is 17.3 Å². The number of nitrogens with zero attached hydrogens (tertiary/aromatic N) is 3. The van der Waals surface area contributed by atoms with E-state index < -0.39 is 0 Å². The number of hydrogen-bond donors (Lipinski definition) is 1. The smallest absolute Gasteiger partial charge is 0.202 e. The average molecular weight is 236 g/mol. The second-order valence-electron chi connectivity index (χ2n) is 3.60. The molecular weight excluding hydrogens is 220 g/mol. The van der Waals surface area contributed by atoms with E-state index in [1.54, 1.807) is 11.3 Å². The van der Waals surface area contributed by atoms with Crippen LogP contribution in [0.3, 0.4) is 0 Å². The molecule has 0 amide bonds. The lowest BCUT2D eigenvalue weighted by atomic mass is 10.3. The van der Waals surface area contributed by atoms with Crippen molar-refractivity contribution < 1.29 is 0 Å². The van der Waals surface area contributed by atoms with Gasteiger partial charge in [0.05, 0.1) is 11.2 Å². The maximum atomic E-state index is 4.29. The molecule has 86 valence electrons. The molecule has 5 heteroatoms. The molecule has 0 radical (unpaired) electrons. The van der Waals surface area contributed by atoms with Gasteiger partial charge in [0.25, 0.3) is 0 Å². The number of nitrogens with one attached hydrogen (secondary N) is 1. The van der Waals surface area contributed by atoms with E-state index in [0.29, 0.717) is 0 Å². The van der Waals surface area contributed by atoms with Crippen molar-refractivity contribution in [2.24, 2.45) is 0 Å². The molecule has 0 unspecified atom stereocenters. The Hall–Kier alpha value is -1.36. The van der Waals surface area contributed by atoms with Crippen molar-refractivity contribution in [1.82, 2.24) is 14.5 Å². The van der Waals surface area contributed by atoms with Gasteiger partial charge < -0.3 is 9.88 Å². The first-order valence-corrected chi connectivity index (χ1v) is 6.46. The average Bonchev–Trinajstić information content (AvgIpc) is 2.94. The van der Waals surface area contributed by atoms with Crippen LogP contribution in [-0.4, -0.2) is 21.1 Å². The number of imidazole rings is 1. The third-order valence-corrected chi connectivity index (χ3v) is 2.98. The number of thiazole rings is 1. The van der Waals surface area contributed by atoms with Gasteiger partial charge in [0.2, 0.25) is 5.95 Å². The number of aryl methyl sites for hydroxylation is 2. The van der Waals surface area contributed by atoms with Gasteiger partial charge in [0.15, 0.2) is 0 Å². The van der Waals surface area contributed by atoms with Crippen LogP contribution in [0, 0.1) is 0 Å². The summed E-state index contributed by atoms with van der Waals surface area (Å²) >= 11 is 1.64. The quantitative estimate of drug-likeness (QED) is 0.837. The molecule has 0 aromatic carbocycles. The van der Waals surface area contributed by atoms with E-state index in [-0.39, 0.29) is 0 Å². The minimum atomic E-state index is 0.926. The van der Waals surface area contributed by atoms with E-state index in [1.165, 1.54) is 0 Å². The number of hydrogen-bond acceptors (Lipinski definition) is 4. The fourth-order valence-corrected chi connectivity index (χ4v) is 2.08. The molecule has 0 spiro atoms. The van der Waals surface area contributed by atoms with Crippen LogP contribution in [0.1, 0.15) is 19.0 Å². The van der Waals surface area contributed by atoms with E-state index in [9.17, 15) is 0 Å². The van der Waals surface area contributed by atoms with Gasteiger partial charge in [-0.25, -0.2) is 9.97 Å². The molecule has 0 saturated heterocycles. The predicted molar refractivity (Wildman–Crippen MR) is 66.8 cm³/mol. The van der Waals surface area contributed by atoms with E-state index in [1.807, 2.05) is 17.9 Å². The van der Waals surface area contributed by atoms with Gasteiger partial charge in [-0.15, -0.1) is 11.3 Å². The third kappa shape index (κ3) is 2.82. The van der Waals surface area contributed by atoms with E-state index >= 15 is 0 Å². The Labute approximate surface area is 99.4 Å². The van der Waals surface area contributed by atoms with Crippen molar-refractivity contribution in [3.05, 3.63) is 29.0 Å². The summed E-state index contributed by atoms with van der Waals surface area (Å²) in [5, 5.41) is 5.40. The Bertz CT molecular complexity index is 407. The van der Waals surface area contributed by atoms with Crippen LogP contribution in [-0.2, 0) is 13.0 Å². The van der Waals surface area contributed by atoms with Gasteiger partial charge in [0, 0.05) is 37.3 Å². The Morgan fingerprint density at radius 1 is 1.44 bits per heavy atom. The first-order valence-electron chi connectivity index (χ1n) is 5.52. The van der Waals surface area contributed by atoms with Crippen LogP contribution in [0.2, 0.25) is 0 Å². The Balaban J connectivity index is 1.91. The molecule has 2 aromatic rings. The van der Waals surface area contributed by atoms with E-state index in [2.05, 4.69) is 32.2 Å². The first kappa shape index (κ1) is 11.1. The van der Waals surface area contributed by atoms with Gasteiger partial charge in [-0.05, 0) is 6.42 Å². The maximum absolute atomic E-state index is 4.29. The van der Waals surface area contributed by atoms with Gasteiger partial charge in [0.1, 0.15) is 0 Å². The molecule has 4 nitrogen and oxygen atoms in total. The van der Waals surface area contributed by atoms with E-state index in [4.69, 9.17) is 0 Å². The number of aromatic nitrogens is 3. The summed E-state index contributed by atoms with van der Waals surface area (Å²) in [5.74, 6) is 0.956. The highest BCUT2D eigenvalue weighted by molar-refractivity contribution is 7.07. The highest BCUT2D eigenvalue weighted by Gasteiger charge is 2.02. The molecule has 0 aliphatic heterocycles. The van der Waals surface area contributed by atoms with Gasteiger partial charge >= 0.3 is 0 Å². The summed E-state index contributed by atoms with van der Waals surface area (Å²) in [7, 11) is 0. The molecule has 0 aliphatic carbocycles. The Kier molecular flexibility index (Phi) is 3.93. The van der Waals surface area contributed by atoms with Crippen molar-refractivity contribution in [1.29, 1.82) is 0 Å². The van der Waals surface area contributed by atoms with Crippen molar-refractivity contribution in [3.8, 4) is 0 Å². The lowest BCUT2D eigenvalue weighted by Crippen LogP contribution is -2.09. The molecule has 0 aliphatic rings. The summed E-state index contributed by atoms with van der Waals surface area (Å²) < 4.78 is 2.13. The largest absolute Gasteiger partial charge is 0.356 e. The molecule has 2 rings (SSSR count). The van der Waals surface area contributed by atoms with Crippen LogP contribution < -0.4 is 5.32 Å². The Morgan fingerprint density at radius 3 is 3.12 bits per heavy atom. The standard InChI is InChI=1S/C11H16N4S/c1-2-4-12-11-13-5-7-15(11)6-3-10-8-16-9-14-10/h5,7-9H,2-4,6H2,1H3,(H,12,13). The molecular formula is C11H16N4S. The molecule has 2 heterocycles. The van der Waals surface area contributed by atoms with Crippen LogP contribution in [0.25, 0.3) is 0 Å². The zero-order chi connectivity index (χ0) is 11.2. The van der Waals surface area contributed by atoms with Crippen LogP contribution >= 0.6 is 11.3 Å². The third-order valence-electron chi connectivity index (χ3n) is 2.34. The minimum Gasteiger partial charge on any atom is -0.356 e. The lowest BCUT2D eigenvalue weighted by Gasteiger charge is -2.07. The molecule has 0 bridgehead atoms. The molecule has 0 fully saturated rings. The van der Waals surface area contributed by atoms with Crippen LogP contribution in [0.5, 0.6) is 0 Å². The fourth-order valence-electron chi connectivity index (χ4n) is 1.49. The van der Waals surface area contributed by atoms with Crippen molar-refractivity contribution in [3.63, 3.8) is 0 Å². The van der Waals surface area contributed by atoms with Crippen molar-refractivity contribution in [2.45, 2.75) is 26.3 Å². The zero-order valence-electron chi connectivity index (χ0n) is 9.39. The molecule has 1 N–H and O–H groups in total. The monoisotopic (exact) mass is 236 g/mol. The summed E-state index contributed by atoms with van der Waals surface area (Å²) in [6.45, 7) is 4.04. The Morgan fingerprint density at radius 2 is 2.38 bits per heavy atom.